The molecule has 138 valence electrons. The Balaban J connectivity index is 1.78. The minimum absolute atomic E-state index is 0.0620. The number of fused-ring (bicyclic) bond motifs is 3. The lowest BCUT2D eigenvalue weighted by Crippen LogP contribution is -2.23. The number of carbonyl (C=O) groups is 1. The lowest BCUT2D eigenvalue weighted by molar-refractivity contribution is 0.106. The fraction of sp³-hybridized carbons (Fsp3) is 0. The maximum absolute atomic E-state index is 13.5. The second kappa shape index (κ2) is 6.14. The third kappa shape index (κ3) is 2.29. The van der Waals surface area contributed by atoms with Crippen molar-refractivity contribution in [2.24, 2.45) is 0 Å². The highest BCUT2D eigenvalue weighted by Crippen LogP contribution is 2.44. The molecule has 5 aromatic rings. The van der Waals surface area contributed by atoms with E-state index in [9.17, 15) is 9.59 Å². The third-order valence-corrected chi connectivity index (χ3v) is 8.04. The van der Waals surface area contributed by atoms with E-state index >= 15 is 0 Å². The molecule has 2 nitrogen and oxygen atoms in total. The number of rotatable bonds is 0. The first-order valence-corrected chi connectivity index (χ1v) is 11.4. The van der Waals surface area contributed by atoms with Crippen molar-refractivity contribution in [1.82, 2.24) is 0 Å². The summed E-state index contributed by atoms with van der Waals surface area (Å²) in [5.74, 6) is -0.0620. The summed E-state index contributed by atoms with van der Waals surface area (Å²) in [6.07, 6.45) is 0. The van der Waals surface area contributed by atoms with Crippen molar-refractivity contribution >= 4 is 86.6 Å². The summed E-state index contributed by atoms with van der Waals surface area (Å²) >= 11 is 8.61. The average Bonchev–Trinajstić information content (AvgIpc) is 3.20. The highest BCUT2D eigenvalue weighted by Gasteiger charge is 2.30. The van der Waals surface area contributed by atoms with Crippen molar-refractivity contribution < 1.29 is 4.79 Å². The Hall–Kier alpha value is -2.21. The molecule has 1 aliphatic rings. The molecule has 0 unspecified atom stereocenters. The van der Waals surface area contributed by atoms with Gasteiger partial charge in [0.15, 0.2) is 5.43 Å². The Morgan fingerprint density at radius 1 is 0.690 bits per heavy atom. The van der Waals surface area contributed by atoms with E-state index in [2.05, 4.69) is 31.9 Å². The van der Waals surface area contributed by atoms with Crippen molar-refractivity contribution in [3.63, 3.8) is 0 Å². The first-order valence-electron chi connectivity index (χ1n) is 9.00. The molecule has 29 heavy (non-hydrogen) atoms. The van der Waals surface area contributed by atoms with Crippen LogP contribution in [0.15, 0.2) is 79.3 Å². The van der Waals surface area contributed by atoms with Gasteiger partial charge in [-0.2, -0.15) is 0 Å². The van der Waals surface area contributed by atoms with Gasteiger partial charge in [0, 0.05) is 40.8 Å². The minimum atomic E-state index is -0.0800. The highest BCUT2D eigenvalue weighted by molar-refractivity contribution is 9.11. The van der Waals surface area contributed by atoms with Crippen molar-refractivity contribution in [1.29, 1.82) is 0 Å². The van der Waals surface area contributed by atoms with Gasteiger partial charge in [0.2, 0.25) is 5.78 Å². The van der Waals surface area contributed by atoms with Crippen LogP contribution in [0.25, 0.3) is 37.2 Å². The largest absolute Gasteiger partial charge is 0.289 e. The topological polar surface area (TPSA) is 34.1 Å². The molecule has 0 fully saturated rings. The second-order valence-electron chi connectivity index (χ2n) is 7.06. The molecule has 1 aliphatic heterocycles. The zero-order valence-corrected chi connectivity index (χ0v) is 18.7. The summed E-state index contributed by atoms with van der Waals surface area (Å²) in [5, 5.41) is 5.82. The van der Waals surface area contributed by atoms with Crippen LogP contribution in [0.1, 0.15) is 10.4 Å². The molecular weight excluding hydrogens is 512 g/mol. The third-order valence-electron chi connectivity index (χ3n) is 5.56. The standard InChI is InChI=1S/C24H10Br2O2S/c25-15-8-6-13-18-14(7-9-16(26)21(15)18)22(27)20(13)24-23(28)19-12-4-2-1-3-11(12)5-10-17(19)29-24/h1-10H/b24-20+. The van der Waals surface area contributed by atoms with E-state index in [0.717, 1.165) is 40.8 Å². The SMILES string of the molecule is O=C1/C(=c2\c(=O)c3ccc(Br)c4c(Br)ccc2c43)Sc2ccc3ccccc3c21. The van der Waals surface area contributed by atoms with Crippen LogP contribution in [0.4, 0.5) is 0 Å². The molecule has 0 radical (unpaired) electrons. The molecule has 0 spiro atoms. The monoisotopic (exact) mass is 520 g/mol. The number of hydrogen-bond acceptors (Lipinski definition) is 3. The molecule has 5 heteroatoms. The molecular formula is C24H10Br2O2S. The van der Waals surface area contributed by atoms with Crippen LogP contribution >= 0.6 is 43.6 Å². The van der Waals surface area contributed by atoms with Crippen LogP contribution in [-0.4, -0.2) is 5.78 Å². The van der Waals surface area contributed by atoms with Crippen molar-refractivity contribution in [2.75, 3.05) is 0 Å². The van der Waals surface area contributed by atoms with E-state index in [1.165, 1.54) is 11.8 Å². The summed E-state index contributed by atoms with van der Waals surface area (Å²) in [4.78, 5) is 28.3. The quantitative estimate of drug-likeness (QED) is 0.240. The van der Waals surface area contributed by atoms with Gasteiger partial charge in [0.1, 0.15) is 0 Å². The molecule has 0 bridgehead atoms. The molecule has 0 N–H and O–H groups in total. The van der Waals surface area contributed by atoms with Gasteiger partial charge in [0.05, 0.1) is 4.91 Å². The molecule has 0 aromatic heterocycles. The zero-order chi connectivity index (χ0) is 19.9. The van der Waals surface area contributed by atoms with Crippen molar-refractivity contribution in [3.05, 3.63) is 90.6 Å². The molecule has 1 heterocycles. The van der Waals surface area contributed by atoms with Crippen LogP contribution in [0.2, 0.25) is 0 Å². The smallest absolute Gasteiger partial charge is 0.202 e. The first-order chi connectivity index (χ1) is 14.1. The Bertz CT molecular complexity index is 1630. The van der Waals surface area contributed by atoms with E-state index in [0.29, 0.717) is 21.1 Å². The zero-order valence-electron chi connectivity index (χ0n) is 14.8. The Morgan fingerprint density at radius 3 is 2.21 bits per heavy atom. The summed E-state index contributed by atoms with van der Waals surface area (Å²) in [7, 11) is 0. The van der Waals surface area contributed by atoms with Gasteiger partial charge in [-0.3, -0.25) is 9.59 Å². The Kier molecular flexibility index (Phi) is 3.74. The summed E-state index contributed by atoms with van der Waals surface area (Å²) in [6, 6.07) is 19.5. The van der Waals surface area contributed by atoms with Crippen LogP contribution in [0, 0.1) is 0 Å². The van der Waals surface area contributed by atoms with Gasteiger partial charge in [0.25, 0.3) is 0 Å². The van der Waals surface area contributed by atoms with E-state index in [-0.39, 0.29) is 11.2 Å². The Labute approximate surface area is 186 Å². The van der Waals surface area contributed by atoms with E-state index in [4.69, 9.17) is 0 Å². The number of thioether (sulfide) groups is 1. The van der Waals surface area contributed by atoms with Crippen molar-refractivity contribution in [2.45, 2.75) is 4.90 Å². The number of ketones is 1. The summed E-state index contributed by atoms with van der Waals surface area (Å²) < 4.78 is 1.84. The summed E-state index contributed by atoms with van der Waals surface area (Å²) in [6.45, 7) is 0. The van der Waals surface area contributed by atoms with E-state index in [1.54, 1.807) is 0 Å². The average molecular weight is 522 g/mol. The van der Waals surface area contributed by atoms with E-state index < -0.39 is 0 Å². The molecule has 0 saturated heterocycles. The lowest BCUT2D eigenvalue weighted by atomic mass is 10.0. The molecule has 0 amide bonds. The first kappa shape index (κ1) is 17.6. The van der Waals surface area contributed by atoms with Gasteiger partial charge in [-0.25, -0.2) is 0 Å². The van der Waals surface area contributed by atoms with Gasteiger partial charge in [-0.1, -0.05) is 80.0 Å². The molecule has 0 aliphatic carbocycles. The van der Waals surface area contributed by atoms with Crippen molar-refractivity contribution in [3.8, 4) is 0 Å². The van der Waals surface area contributed by atoms with Gasteiger partial charge < -0.3 is 0 Å². The minimum Gasteiger partial charge on any atom is -0.289 e. The number of Topliss-reactive ketones (excluding diaryl/α,β-unsaturated/α-hetero) is 1. The lowest BCUT2D eigenvalue weighted by Gasteiger charge is -2.04. The molecule has 0 saturated carbocycles. The second-order valence-corrected chi connectivity index (χ2v) is 9.83. The van der Waals surface area contributed by atoms with Crippen LogP contribution in [-0.2, 0) is 0 Å². The van der Waals surface area contributed by atoms with Gasteiger partial charge >= 0.3 is 0 Å². The fourth-order valence-electron chi connectivity index (χ4n) is 4.30. The van der Waals surface area contributed by atoms with Crippen LogP contribution < -0.4 is 10.6 Å². The van der Waals surface area contributed by atoms with Gasteiger partial charge in [-0.15, -0.1) is 0 Å². The van der Waals surface area contributed by atoms with E-state index in [1.807, 2.05) is 60.7 Å². The predicted molar refractivity (Wildman–Crippen MR) is 127 cm³/mol. The molecule has 5 aromatic carbocycles. The molecule has 6 rings (SSSR count). The highest BCUT2D eigenvalue weighted by atomic mass is 79.9. The number of halogens is 2. The fourth-order valence-corrected chi connectivity index (χ4v) is 6.81. The van der Waals surface area contributed by atoms with Gasteiger partial charge in [-0.05, 0) is 40.4 Å². The summed E-state index contributed by atoms with van der Waals surface area (Å²) in [5.41, 5.74) is 0.623. The normalized spacial score (nSPS) is 15.7. The number of hydrogen-bond donors (Lipinski definition) is 0. The van der Waals surface area contributed by atoms with Crippen LogP contribution in [0.5, 0.6) is 0 Å². The number of benzene rings is 4. The van der Waals surface area contributed by atoms with Crippen LogP contribution in [0.3, 0.4) is 0 Å². The molecule has 0 atom stereocenters. The number of carbonyl (C=O) groups excluding carboxylic acids is 1. The predicted octanol–water partition coefficient (Wildman–Crippen LogP) is 6.28. The maximum atomic E-state index is 13.5. The Morgan fingerprint density at radius 2 is 1.41 bits per heavy atom. The maximum Gasteiger partial charge on any atom is 0.202 e.